The number of H-pyrrole nitrogens is 1. The maximum Gasteiger partial charge on any atom is 0.205 e. The van der Waals surface area contributed by atoms with Crippen molar-refractivity contribution >= 4 is 22.8 Å². The third-order valence-electron chi connectivity index (χ3n) is 3.71. The quantitative estimate of drug-likeness (QED) is 0.447. The average molecular weight is 320 g/mol. The van der Waals surface area contributed by atoms with Crippen molar-refractivity contribution in [1.82, 2.24) is 4.98 Å². The van der Waals surface area contributed by atoms with Crippen LogP contribution in [0.15, 0.2) is 54.2 Å². The Hall–Kier alpha value is -3.39. The summed E-state index contributed by atoms with van der Waals surface area (Å²) >= 11 is 0. The number of halogens is 1. The van der Waals surface area contributed by atoms with Gasteiger partial charge in [0.1, 0.15) is 23.2 Å². The summed E-state index contributed by atoms with van der Waals surface area (Å²) in [6.07, 6.45) is 2.81. The van der Waals surface area contributed by atoms with E-state index in [1.54, 1.807) is 18.3 Å². The third-order valence-corrected chi connectivity index (χ3v) is 3.71. The first kappa shape index (κ1) is 15.5. The number of ketones is 1. The molecule has 0 aliphatic carbocycles. The largest absolute Gasteiger partial charge is 0.497 e. The Kier molecular flexibility index (Phi) is 4.13. The molecule has 5 heteroatoms. The van der Waals surface area contributed by atoms with Crippen LogP contribution in [0.2, 0.25) is 0 Å². The lowest BCUT2D eigenvalue weighted by atomic mass is 10.0. The molecule has 0 saturated carbocycles. The summed E-state index contributed by atoms with van der Waals surface area (Å²) in [4.78, 5) is 15.6. The second-order valence-corrected chi connectivity index (χ2v) is 5.13. The summed E-state index contributed by atoms with van der Waals surface area (Å²) in [5, 5.41) is 10.0. The number of allylic oxidation sites excluding steroid dienone is 1. The number of methoxy groups -OCH3 is 1. The highest BCUT2D eigenvalue weighted by atomic mass is 19.1. The third kappa shape index (κ3) is 2.77. The van der Waals surface area contributed by atoms with Gasteiger partial charge in [0.15, 0.2) is 0 Å². The first-order chi connectivity index (χ1) is 11.6. The molecule has 24 heavy (non-hydrogen) atoms. The van der Waals surface area contributed by atoms with Gasteiger partial charge in [-0.2, -0.15) is 5.26 Å². The first-order valence-electron chi connectivity index (χ1n) is 7.20. The van der Waals surface area contributed by atoms with Crippen molar-refractivity contribution in [2.45, 2.75) is 0 Å². The minimum absolute atomic E-state index is 0.135. The van der Waals surface area contributed by atoms with E-state index in [2.05, 4.69) is 4.98 Å². The molecule has 118 valence electrons. The van der Waals surface area contributed by atoms with Gasteiger partial charge in [-0.1, -0.05) is 18.2 Å². The number of hydrogen-bond acceptors (Lipinski definition) is 3. The molecule has 0 aliphatic rings. The Morgan fingerprint density at radius 3 is 2.79 bits per heavy atom. The second kappa shape index (κ2) is 6.39. The molecular weight excluding hydrogens is 307 g/mol. The Bertz CT molecular complexity index is 996. The molecule has 3 rings (SSSR count). The lowest BCUT2D eigenvalue weighted by molar-refractivity contribution is 0.104. The van der Waals surface area contributed by atoms with Crippen LogP contribution >= 0.6 is 0 Å². The number of Topliss-reactive ketones (excluding diaryl/α,β-unsaturated/α-hetero) is 1. The van der Waals surface area contributed by atoms with Gasteiger partial charge < -0.3 is 9.72 Å². The number of ether oxygens (including phenoxy) is 1. The predicted molar refractivity (Wildman–Crippen MR) is 89.2 cm³/mol. The molecule has 0 spiro atoms. The lowest BCUT2D eigenvalue weighted by Gasteiger charge is -2.03. The Balaban J connectivity index is 2.02. The van der Waals surface area contributed by atoms with E-state index in [4.69, 9.17) is 4.74 Å². The van der Waals surface area contributed by atoms with E-state index in [0.717, 1.165) is 10.9 Å². The number of rotatable bonds is 4. The summed E-state index contributed by atoms with van der Waals surface area (Å²) in [7, 11) is 1.44. The van der Waals surface area contributed by atoms with Crippen molar-refractivity contribution in [3.05, 3.63) is 71.2 Å². The molecule has 1 aromatic heterocycles. The Morgan fingerprint density at radius 2 is 2.08 bits per heavy atom. The van der Waals surface area contributed by atoms with Crippen LogP contribution in [0.25, 0.3) is 17.0 Å². The number of hydrogen-bond donors (Lipinski definition) is 1. The number of nitriles is 1. The molecule has 1 N–H and O–H groups in total. The van der Waals surface area contributed by atoms with Gasteiger partial charge in [-0.3, -0.25) is 4.79 Å². The molecule has 0 atom stereocenters. The molecule has 1 heterocycles. The van der Waals surface area contributed by atoms with Crippen molar-refractivity contribution in [2.24, 2.45) is 0 Å². The predicted octanol–water partition coefficient (Wildman–Crippen LogP) is 4.11. The van der Waals surface area contributed by atoms with Gasteiger partial charge in [0, 0.05) is 34.3 Å². The lowest BCUT2D eigenvalue weighted by Crippen LogP contribution is -2.01. The van der Waals surface area contributed by atoms with Gasteiger partial charge in [-0.25, -0.2) is 4.39 Å². The van der Waals surface area contributed by atoms with Gasteiger partial charge in [-0.15, -0.1) is 0 Å². The molecule has 0 saturated heterocycles. The SMILES string of the molecule is COc1ccc(/C=C(\C#N)C(=O)c2c[nH]c3ccccc23)c(F)c1. The monoisotopic (exact) mass is 320 g/mol. The summed E-state index contributed by atoms with van der Waals surface area (Å²) in [5.74, 6) is -0.648. The summed E-state index contributed by atoms with van der Waals surface area (Å²) < 4.78 is 19.0. The van der Waals surface area contributed by atoms with Crippen LogP contribution < -0.4 is 4.74 Å². The van der Waals surface area contributed by atoms with Crippen molar-refractivity contribution in [2.75, 3.05) is 7.11 Å². The number of aromatic nitrogens is 1. The maximum atomic E-state index is 14.0. The molecule has 4 nitrogen and oxygen atoms in total. The average Bonchev–Trinajstić information content (AvgIpc) is 3.04. The zero-order valence-corrected chi connectivity index (χ0v) is 12.8. The van der Waals surface area contributed by atoms with E-state index >= 15 is 0 Å². The van der Waals surface area contributed by atoms with E-state index in [1.807, 2.05) is 24.3 Å². The number of para-hydroxylation sites is 1. The van der Waals surface area contributed by atoms with Crippen molar-refractivity contribution in [3.8, 4) is 11.8 Å². The van der Waals surface area contributed by atoms with Crippen LogP contribution in [-0.2, 0) is 0 Å². The van der Waals surface area contributed by atoms with E-state index in [-0.39, 0.29) is 11.1 Å². The fourth-order valence-electron chi connectivity index (χ4n) is 2.46. The standard InChI is InChI=1S/C19H13FN2O2/c1-24-14-7-6-12(17(20)9-14)8-13(10-21)19(23)16-11-22-18-5-3-2-4-15(16)18/h2-9,11,22H,1H3/b13-8+. The number of nitrogens with one attached hydrogen (secondary N) is 1. The molecule has 3 aromatic rings. The molecule has 2 aromatic carbocycles. The molecule has 0 unspecified atom stereocenters. The number of fused-ring (bicyclic) bond motifs is 1. The minimum atomic E-state index is -0.561. The number of carbonyl (C=O) groups is 1. The fourth-order valence-corrected chi connectivity index (χ4v) is 2.46. The van der Waals surface area contributed by atoms with Gasteiger partial charge in [0.2, 0.25) is 5.78 Å². The van der Waals surface area contributed by atoms with Crippen LogP contribution in [0.1, 0.15) is 15.9 Å². The summed E-state index contributed by atoms with van der Waals surface area (Å²) in [6.45, 7) is 0. The van der Waals surface area contributed by atoms with E-state index < -0.39 is 11.6 Å². The highest BCUT2D eigenvalue weighted by molar-refractivity contribution is 6.19. The van der Waals surface area contributed by atoms with Crippen molar-refractivity contribution < 1.29 is 13.9 Å². The minimum Gasteiger partial charge on any atom is -0.497 e. The number of benzene rings is 2. The van der Waals surface area contributed by atoms with Gasteiger partial charge >= 0.3 is 0 Å². The normalized spacial score (nSPS) is 11.3. The van der Waals surface area contributed by atoms with Gasteiger partial charge in [0.05, 0.1) is 7.11 Å². The van der Waals surface area contributed by atoms with Crippen molar-refractivity contribution in [3.63, 3.8) is 0 Å². The fraction of sp³-hybridized carbons (Fsp3) is 0.0526. The van der Waals surface area contributed by atoms with Crippen molar-refractivity contribution in [1.29, 1.82) is 5.26 Å². The smallest absolute Gasteiger partial charge is 0.205 e. The molecule has 0 amide bonds. The van der Waals surface area contributed by atoms with Crippen LogP contribution in [0.4, 0.5) is 4.39 Å². The Labute approximate surface area is 137 Å². The van der Waals surface area contributed by atoms with Gasteiger partial charge in [0.25, 0.3) is 0 Å². The Morgan fingerprint density at radius 1 is 1.29 bits per heavy atom. The zero-order chi connectivity index (χ0) is 17.1. The molecule has 0 aliphatic heterocycles. The number of carbonyl (C=O) groups excluding carboxylic acids is 1. The first-order valence-corrected chi connectivity index (χ1v) is 7.20. The topological polar surface area (TPSA) is 65.9 Å². The zero-order valence-electron chi connectivity index (χ0n) is 12.8. The summed E-state index contributed by atoms with van der Waals surface area (Å²) in [5.41, 5.74) is 1.20. The van der Waals surface area contributed by atoms with Crippen LogP contribution in [0, 0.1) is 17.1 Å². The molecule has 0 radical (unpaired) electrons. The maximum absolute atomic E-state index is 14.0. The number of nitrogens with zero attached hydrogens (tertiary/aromatic N) is 1. The second-order valence-electron chi connectivity index (χ2n) is 5.13. The molecular formula is C19H13FN2O2. The summed E-state index contributed by atoms with van der Waals surface area (Å²) in [6, 6.07) is 13.4. The van der Waals surface area contributed by atoms with Crippen LogP contribution in [0.3, 0.4) is 0 Å². The molecule has 0 fully saturated rings. The van der Waals surface area contributed by atoms with Gasteiger partial charge in [-0.05, 0) is 24.3 Å². The van der Waals surface area contributed by atoms with E-state index in [9.17, 15) is 14.4 Å². The number of aromatic amines is 1. The van der Waals surface area contributed by atoms with E-state index in [0.29, 0.717) is 11.3 Å². The van der Waals surface area contributed by atoms with Crippen LogP contribution in [-0.4, -0.2) is 17.9 Å². The highest BCUT2D eigenvalue weighted by Gasteiger charge is 2.17. The highest BCUT2D eigenvalue weighted by Crippen LogP contribution is 2.23. The van der Waals surface area contributed by atoms with E-state index in [1.165, 1.54) is 25.3 Å². The molecule has 0 bridgehead atoms. The van der Waals surface area contributed by atoms with Crippen LogP contribution in [0.5, 0.6) is 5.75 Å².